The molecular weight excluding hydrogens is 314 g/mol. The summed E-state index contributed by atoms with van der Waals surface area (Å²) in [4.78, 5) is 12.5. The summed E-state index contributed by atoms with van der Waals surface area (Å²) in [7, 11) is 0. The van der Waals surface area contributed by atoms with Crippen molar-refractivity contribution in [1.29, 1.82) is 0 Å². The Balaban J connectivity index is 1.60. The van der Waals surface area contributed by atoms with Crippen LogP contribution in [0, 0.1) is 13.8 Å². The Hall–Kier alpha value is -2.37. The van der Waals surface area contributed by atoms with Gasteiger partial charge in [-0.3, -0.25) is 4.79 Å². The van der Waals surface area contributed by atoms with Crippen LogP contribution >= 0.6 is 0 Å². The largest absolute Gasteiger partial charge is 0.494 e. The van der Waals surface area contributed by atoms with Crippen molar-refractivity contribution in [2.45, 2.75) is 39.3 Å². The molecule has 0 radical (unpaired) electrons. The Kier molecular flexibility index (Phi) is 5.36. The summed E-state index contributed by atoms with van der Waals surface area (Å²) < 4.78 is 5.47. The van der Waals surface area contributed by atoms with E-state index in [1.165, 1.54) is 5.56 Å². The molecule has 0 bridgehead atoms. The van der Waals surface area contributed by atoms with Crippen molar-refractivity contribution in [2.24, 2.45) is 0 Å². The highest BCUT2D eigenvalue weighted by Gasteiger charge is 2.30. The number of hydrogen-bond donors (Lipinski definition) is 3. The molecule has 1 aliphatic heterocycles. The van der Waals surface area contributed by atoms with Gasteiger partial charge in [-0.2, -0.15) is 0 Å². The maximum atomic E-state index is 12.5. The molecule has 0 spiro atoms. The topological polar surface area (TPSA) is 62.4 Å². The number of aryl methyl sites for hydroxylation is 2. The van der Waals surface area contributed by atoms with Gasteiger partial charge in [0.2, 0.25) is 5.91 Å². The van der Waals surface area contributed by atoms with E-state index in [1.807, 2.05) is 57.2 Å². The lowest BCUT2D eigenvalue weighted by atomic mass is 10.0. The molecule has 0 aliphatic carbocycles. The number of rotatable bonds is 5. The molecule has 1 heterocycles. The van der Waals surface area contributed by atoms with Crippen LogP contribution in [-0.4, -0.2) is 18.6 Å². The molecular formula is C20H25N3O2. The van der Waals surface area contributed by atoms with Crippen LogP contribution in [0.15, 0.2) is 42.5 Å². The van der Waals surface area contributed by atoms with E-state index in [2.05, 4.69) is 22.2 Å². The molecule has 3 N–H and O–H groups in total. The van der Waals surface area contributed by atoms with Crippen molar-refractivity contribution in [3.05, 3.63) is 59.2 Å². The average molecular weight is 339 g/mol. The van der Waals surface area contributed by atoms with E-state index in [0.29, 0.717) is 13.0 Å². The van der Waals surface area contributed by atoms with Crippen LogP contribution in [0.4, 0.5) is 5.69 Å². The van der Waals surface area contributed by atoms with Crippen molar-refractivity contribution >= 4 is 11.6 Å². The van der Waals surface area contributed by atoms with E-state index < -0.39 is 0 Å². The van der Waals surface area contributed by atoms with E-state index in [4.69, 9.17) is 4.74 Å². The molecule has 1 fully saturated rings. The lowest BCUT2D eigenvalue weighted by Crippen LogP contribution is -2.39. The van der Waals surface area contributed by atoms with Gasteiger partial charge in [0.05, 0.1) is 6.61 Å². The van der Waals surface area contributed by atoms with E-state index >= 15 is 0 Å². The van der Waals surface area contributed by atoms with Gasteiger partial charge in [-0.15, -0.1) is 0 Å². The molecule has 2 unspecified atom stereocenters. The number of anilines is 1. The normalized spacial score (nSPS) is 19.6. The third kappa shape index (κ3) is 4.18. The number of hydrazine groups is 1. The van der Waals surface area contributed by atoms with Gasteiger partial charge in [-0.1, -0.05) is 29.8 Å². The molecule has 1 amide bonds. The van der Waals surface area contributed by atoms with Crippen molar-refractivity contribution in [1.82, 2.24) is 10.9 Å². The van der Waals surface area contributed by atoms with Gasteiger partial charge in [-0.05, 0) is 56.5 Å². The molecule has 2 atom stereocenters. The summed E-state index contributed by atoms with van der Waals surface area (Å²) in [5.41, 5.74) is 10.6. The third-order valence-corrected chi connectivity index (χ3v) is 4.45. The highest BCUT2D eigenvalue weighted by Crippen LogP contribution is 2.25. The van der Waals surface area contributed by atoms with Crippen LogP contribution in [0.5, 0.6) is 5.75 Å². The van der Waals surface area contributed by atoms with Crippen LogP contribution in [0.2, 0.25) is 0 Å². The van der Waals surface area contributed by atoms with Crippen molar-refractivity contribution in [3.63, 3.8) is 0 Å². The Morgan fingerprint density at radius 3 is 2.60 bits per heavy atom. The molecule has 5 nitrogen and oxygen atoms in total. The first-order valence-electron chi connectivity index (χ1n) is 8.68. The number of amides is 1. The molecule has 2 aromatic carbocycles. The summed E-state index contributed by atoms with van der Waals surface area (Å²) in [5.74, 6) is 0.842. The molecule has 0 aromatic heterocycles. The molecule has 1 saturated heterocycles. The molecule has 1 aliphatic rings. The van der Waals surface area contributed by atoms with Gasteiger partial charge in [0.15, 0.2) is 0 Å². The predicted molar refractivity (Wildman–Crippen MR) is 99.6 cm³/mol. The lowest BCUT2D eigenvalue weighted by Gasteiger charge is -2.13. The van der Waals surface area contributed by atoms with Crippen LogP contribution < -0.4 is 20.9 Å². The number of benzene rings is 2. The van der Waals surface area contributed by atoms with E-state index in [1.54, 1.807) is 0 Å². The Bertz CT molecular complexity index is 743. The summed E-state index contributed by atoms with van der Waals surface area (Å²) in [6.07, 6.45) is 0.699. The average Bonchev–Trinajstić information content (AvgIpc) is 3.08. The maximum absolute atomic E-state index is 12.5. The molecule has 0 saturated carbocycles. The molecule has 25 heavy (non-hydrogen) atoms. The van der Waals surface area contributed by atoms with Gasteiger partial charge < -0.3 is 10.1 Å². The molecule has 3 rings (SSSR count). The van der Waals surface area contributed by atoms with Crippen LogP contribution in [-0.2, 0) is 4.79 Å². The molecule has 5 heteroatoms. The second kappa shape index (κ2) is 7.68. The lowest BCUT2D eigenvalue weighted by molar-refractivity contribution is -0.117. The number of ether oxygens (including phenoxy) is 1. The maximum Gasteiger partial charge on any atom is 0.242 e. The van der Waals surface area contributed by atoms with Gasteiger partial charge in [0.25, 0.3) is 0 Å². The van der Waals surface area contributed by atoms with Crippen LogP contribution in [0.25, 0.3) is 0 Å². The highest BCUT2D eigenvalue weighted by atomic mass is 16.5. The smallest absolute Gasteiger partial charge is 0.242 e. The Morgan fingerprint density at radius 1 is 1.16 bits per heavy atom. The highest BCUT2D eigenvalue weighted by molar-refractivity contribution is 5.95. The standard InChI is InChI=1S/C20H25N3O2/c1-4-25-16-8-6-15(7-9-16)18-12-19(23-22-18)20(24)21-17-10-5-13(2)11-14(17)3/h5-11,18-19,22-23H,4,12H2,1-3H3,(H,21,24). The Labute approximate surface area is 148 Å². The van der Waals surface area contributed by atoms with Crippen molar-refractivity contribution in [3.8, 4) is 5.75 Å². The third-order valence-electron chi connectivity index (χ3n) is 4.45. The quantitative estimate of drug-likeness (QED) is 0.782. The van der Waals surface area contributed by atoms with Gasteiger partial charge in [-0.25, -0.2) is 10.9 Å². The van der Waals surface area contributed by atoms with E-state index in [9.17, 15) is 4.79 Å². The zero-order chi connectivity index (χ0) is 17.8. The number of hydrogen-bond acceptors (Lipinski definition) is 4. The Morgan fingerprint density at radius 2 is 1.92 bits per heavy atom. The molecule has 132 valence electrons. The van der Waals surface area contributed by atoms with E-state index in [-0.39, 0.29) is 18.0 Å². The van der Waals surface area contributed by atoms with Crippen molar-refractivity contribution in [2.75, 3.05) is 11.9 Å². The monoisotopic (exact) mass is 339 g/mol. The zero-order valence-electron chi connectivity index (χ0n) is 14.9. The van der Waals surface area contributed by atoms with Gasteiger partial charge in [0, 0.05) is 11.7 Å². The van der Waals surface area contributed by atoms with Crippen LogP contribution in [0.1, 0.15) is 36.1 Å². The second-order valence-corrected chi connectivity index (χ2v) is 6.44. The van der Waals surface area contributed by atoms with Gasteiger partial charge in [0.1, 0.15) is 11.8 Å². The minimum Gasteiger partial charge on any atom is -0.494 e. The summed E-state index contributed by atoms with van der Waals surface area (Å²) >= 11 is 0. The summed E-state index contributed by atoms with van der Waals surface area (Å²) in [6.45, 7) is 6.67. The second-order valence-electron chi connectivity index (χ2n) is 6.44. The number of carbonyl (C=O) groups is 1. The number of carbonyl (C=O) groups excluding carboxylic acids is 1. The first kappa shape index (κ1) is 17.5. The summed E-state index contributed by atoms with van der Waals surface area (Å²) in [5, 5.41) is 3.02. The summed E-state index contributed by atoms with van der Waals surface area (Å²) in [6, 6.07) is 13.9. The fourth-order valence-electron chi connectivity index (χ4n) is 3.08. The molecule has 2 aromatic rings. The van der Waals surface area contributed by atoms with Gasteiger partial charge >= 0.3 is 0 Å². The predicted octanol–water partition coefficient (Wildman–Crippen LogP) is 3.25. The SMILES string of the molecule is CCOc1ccc(C2CC(C(=O)Nc3ccc(C)cc3C)NN2)cc1. The van der Waals surface area contributed by atoms with Crippen LogP contribution in [0.3, 0.4) is 0 Å². The first-order valence-corrected chi connectivity index (χ1v) is 8.68. The van der Waals surface area contributed by atoms with E-state index in [0.717, 1.165) is 22.6 Å². The zero-order valence-corrected chi connectivity index (χ0v) is 14.9. The minimum atomic E-state index is -0.266. The van der Waals surface area contributed by atoms with Crippen molar-refractivity contribution < 1.29 is 9.53 Å². The fraction of sp³-hybridized carbons (Fsp3) is 0.350. The minimum absolute atomic E-state index is 0.0205. The first-order chi connectivity index (χ1) is 12.1. The number of nitrogens with one attached hydrogen (secondary N) is 3. The fourth-order valence-corrected chi connectivity index (χ4v) is 3.08.